The summed E-state index contributed by atoms with van der Waals surface area (Å²) in [6.07, 6.45) is 3.97. The molecule has 1 aliphatic rings. The lowest BCUT2D eigenvalue weighted by molar-refractivity contribution is -0.131. The first kappa shape index (κ1) is 15.2. The van der Waals surface area contributed by atoms with Crippen molar-refractivity contribution in [2.75, 3.05) is 0 Å². The molecule has 9 heteroatoms. The fraction of sp³-hybridized carbons (Fsp3) is 0.750. The van der Waals surface area contributed by atoms with Gasteiger partial charge in [0.15, 0.2) is 0 Å². The average Bonchev–Trinajstić information content (AvgIpc) is 3.07. The van der Waals surface area contributed by atoms with Gasteiger partial charge >= 0.3 is 5.69 Å². The molecule has 1 fully saturated rings. The van der Waals surface area contributed by atoms with E-state index in [0.717, 1.165) is 30.4 Å². The van der Waals surface area contributed by atoms with E-state index in [9.17, 15) is 14.4 Å². The zero-order chi connectivity index (χ0) is 15.4. The summed E-state index contributed by atoms with van der Waals surface area (Å²) in [6.45, 7) is 3.14. The number of rotatable bonds is 4. The summed E-state index contributed by atoms with van der Waals surface area (Å²) >= 11 is 0. The second-order valence-corrected chi connectivity index (χ2v) is 5.49. The first-order valence-electron chi connectivity index (χ1n) is 7.10. The number of carbonyl (C=O) groups excluding carboxylic acids is 2. The van der Waals surface area contributed by atoms with E-state index < -0.39 is 11.6 Å². The molecule has 2 rings (SSSR count). The molecule has 1 aromatic heterocycles. The van der Waals surface area contributed by atoms with Crippen molar-refractivity contribution in [3.05, 3.63) is 10.5 Å². The van der Waals surface area contributed by atoms with Gasteiger partial charge in [-0.2, -0.15) is 9.36 Å². The first-order chi connectivity index (χ1) is 9.99. The van der Waals surface area contributed by atoms with Crippen molar-refractivity contribution < 1.29 is 9.59 Å². The summed E-state index contributed by atoms with van der Waals surface area (Å²) in [5, 5.41) is 7.53. The quantitative estimate of drug-likeness (QED) is 0.718. The summed E-state index contributed by atoms with van der Waals surface area (Å²) in [5.41, 5.74) is 4.12. The normalized spacial score (nSPS) is 15.4. The number of hydrogen-bond donors (Lipinski definition) is 2. The highest BCUT2D eigenvalue weighted by Crippen LogP contribution is 2.26. The Hall–Kier alpha value is -2.19. The minimum absolute atomic E-state index is 0.0787. The molecule has 0 atom stereocenters. The Bertz CT molecular complexity index is 570. The standard InChI is InChI=1S/C12H20N6O3/c1-8(2)11(20)14-13-10(19)7-17-12(21)18(16-15-17)9-5-3-4-6-9/h8-9H,3-7H2,1-2H3,(H,13,19)(H,14,20). The molecule has 2 amide bonds. The fourth-order valence-corrected chi connectivity index (χ4v) is 2.21. The summed E-state index contributed by atoms with van der Waals surface area (Å²) < 4.78 is 2.34. The van der Waals surface area contributed by atoms with E-state index in [0.29, 0.717) is 0 Å². The van der Waals surface area contributed by atoms with Gasteiger partial charge in [-0.15, -0.1) is 0 Å². The minimum atomic E-state index is -0.524. The molecule has 21 heavy (non-hydrogen) atoms. The monoisotopic (exact) mass is 296 g/mol. The maximum Gasteiger partial charge on any atom is 0.364 e. The maximum atomic E-state index is 12.1. The Morgan fingerprint density at radius 1 is 1.24 bits per heavy atom. The molecule has 0 saturated heterocycles. The Balaban J connectivity index is 1.92. The number of tetrazole rings is 1. The summed E-state index contributed by atoms with van der Waals surface area (Å²) in [6, 6.07) is 0.0787. The fourth-order valence-electron chi connectivity index (χ4n) is 2.21. The summed E-state index contributed by atoms with van der Waals surface area (Å²) in [4.78, 5) is 35.0. The van der Waals surface area contributed by atoms with Crippen LogP contribution in [0.5, 0.6) is 0 Å². The summed E-state index contributed by atoms with van der Waals surface area (Å²) in [5.74, 6) is -1.06. The maximum absolute atomic E-state index is 12.1. The predicted octanol–water partition coefficient (Wildman–Crippen LogP) is -0.642. The van der Waals surface area contributed by atoms with Crippen LogP contribution in [0.2, 0.25) is 0 Å². The van der Waals surface area contributed by atoms with E-state index in [1.807, 2.05) is 0 Å². The molecular formula is C12H20N6O3. The zero-order valence-corrected chi connectivity index (χ0v) is 12.2. The van der Waals surface area contributed by atoms with Crippen LogP contribution < -0.4 is 16.5 Å². The van der Waals surface area contributed by atoms with Gasteiger partial charge in [-0.25, -0.2) is 4.79 Å². The van der Waals surface area contributed by atoms with Gasteiger partial charge in [0.25, 0.3) is 5.91 Å². The van der Waals surface area contributed by atoms with Crippen LogP contribution in [0, 0.1) is 5.92 Å². The highest BCUT2D eigenvalue weighted by atomic mass is 16.2. The van der Waals surface area contributed by atoms with Crippen LogP contribution in [0.1, 0.15) is 45.6 Å². The highest BCUT2D eigenvalue weighted by molar-refractivity contribution is 5.82. The van der Waals surface area contributed by atoms with Crippen molar-refractivity contribution in [3.8, 4) is 0 Å². The molecular weight excluding hydrogens is 276 g/mol. The van der Waals surface area contributed by atoms with Crippen molar-refractivity contribution in [2.45, 2.75) is 52.1 Å². The molecule has 2 N–H and O–H groups in total. The van der Waals surface area contributed by atoms with E-state index in [1.165, 1.54) is 4.68 Å². The third kappa shape index (κ3) is 3.67. The van der Waals surface area contributed by atoms with Crippen LogP contribution >= 0.6 is 0 Å². The van der Waals surface area contributed by atoms with Crippen molar-refractivity contribution in [3.63, 3.8) is 0 Å². The third-order valence-corrected chi connectivity index (χ3v) is 3.47. The van der Waals surface area contributed by atoms with Gasteiger partial charge in [0.05, 0.1) is 6.04 Å². The third-order valence-electron chi connectivity index (χ3n) is 3.47. The van der Waals surface area contributed by atoms with E-state index in [2.05, 4.69) is 21.3 Å². The van der Waals surface area contributed by atoms with E-state index in [-0.39, 0.29) is 24.4 Å². The first-order valence-corrected chi connectivity index (χ1v) is 7.10. The van der Waals surface area contributed by atoms with E-state index >= 15 is 0 Å². The van der Waals surface area contributed by atoms with Gasteiger partial charge in [0.2, 0.25) is 5.91 Å². The summed E-state index contributed by atoms with van der Waals surface area (Å²) in [7, 11) is 0. The number of hydrogen-bond acceptors (Lipinski definition) is 5. The van der Waals surface area contributed by atoms with Gasteiger partial charge < -0.3 is 0 Å². The van der Waals surface area contributed by atoms with Gasteiger partial charge in [0.1, 0.15) is 6.54 Å². The molecule has 1 heterocycles. The molecule has 1 saturated carbocycles. The smallest absolute Gasteiger partial charge is 0.273 e. The Labute approximate surface area is 121 Å². The zero-order valence-electron chi connectivity index (χ0n) is 12.2. The molecule has 0 aliphatic heterocycles. The van der Waals surface area contributed by atoms with Gasteiger partial charge in [-0.05, 0) is 23.3 Å². The minimum Gasteiger partial charge on any atom is -0.273 e. The van der Waals surface area contributed by atoms with E-state index in [1.54, 1.807) is 13.8 Å². The number of nitrogens with zero attached hydrogens (tertiary/aromatic N) is 4. The lowest BCUT2D eigenvalue weighted by atomic mass is 10.2. The number of carbonyl (C=O) groups is 2. The van der Waals surface area contributed by atoms with Crippen LogP contribution in [-0.2, 0) is 16.1 Å². The molecule has 1 aliphatic carbocycles. The van der Waals surface area contributed by atoms with Crippen LogP contribution in [0.15, 0.2) is 4.79 Å². The largest absolute Gasteiger partial charge is 0.364 e. The average molecular weight is 296 g/mol. The van der Waals surface area contributed by atoms with Gasteiger partial charge in [0, 0.05) is 5.92 Å². The van der Waals surface area contributed by atoms with Crippen molar-refractivity contribution in [1.29, 1.82) is 0 Å². The number of hydrazine groups is 1. The van der Waals surface area contributed by atoms with Crippen molar-refractivity contribution in [1.82, 2.24) is 30.6 Å². The second-order valence-electron chi connectivity index (χ2n) is 5.49. The number of nitrogens with one attached hydrogen (secondary N) is 2. The molecule has 9 nitrogen and oxygen atoms in total. The van der Waals surface area contributed by atoms with Crippen molar-refractivity contribution >= 4 is 11.8 Å². The van der Waals surface area contributed by atoms with Crippen LogP contribution in [0.3, 0.4) is 0 Å². The van der Waals surface area contributed by atoms with Crippen molar-refractivity contribution in [2.24, 2.45) is 5.92 Å². The number of aromatic nitrogens is 4. The van der Waals surface area contributed by atoms with Crippen LogP contribution in [-0.4, -0.2) is 31.6 Å². The lowest BCUT2D eigenvalue weighted by Crippen LogP contribution is -2.45. The Morgan fingerprint density at radius 2 is 1.90 bits per heavy atom. The van der Waals surface area contributed by atoms with E-state index in [4.69, 9.17) is 0 Å². The lowest BCUT2D eigenvalue weighted by Gasteiger charge is -2.08. The molecule has 116 valence electrons. The molecule has 0 radical (unpaired) electrons. The second kappa shape index (κ2) is 6.51. The highest BCUT2D eigenvalue weighted by Gasteiger charge is 2.22. The molecule has 0 unspecified atom stereocenters. The van der Waals surface area contributed by atoms with Gasteiger partial charge in [-0.3, -0.25) is 20.4 Å². The molecule has 0 spiro atoms. The number of amides is 2. The molecule has 0 aromatic carbocycles. The molecule has 0 bridgehead atoms. The van der Waals surface area contributed by atoms with Gasteiger partial charge in [-0.1, -0.05) is 26.7 Å². The SMILES string of the molecule is CC(C)C(=O)NNC(=O)Cn1nnn(C2CCCC2)c1=O. The Kier molecular flexibility index (Phi) is 4.71. The van der Waals surface area contributed by atoms with Crippen LogP contribution in [0.25, 0.3) is 0 Å². The van der Waals surface area contributed by atoms with Crippen LogP contribution in [0.4, 0.5) is 0 Å². The topological polar surface area (TPSA) is 111 Å². The predicted molar refractivity (Wildman–Crippen MR) is 72.9 cm³/mol. The Morgan fingerprint density at radius 3 is 2.52 bits per heavy atom. The molecule has 1 aromatic rings.